The molecule has 2 rings (SSSR count). The second-order valence-corrected chi connectivity index (χ2v) is 7.66. The van der Waals surface area contributed by atoms with Crippen LogP contribution in [0.1, 0.15) is 18.4 Å². The van der Waals surface area contributed by atoms with E-state index in [0.29, 0.717) is 24.4 Å². The highest BCUT2D eigenvalue weighted by atomic mass is 32.2. The Morgan fingerprint density at radius 1 is 1.23 bits per heavy atom. The first-order valence-electron chi connectivity index (χ1n) is 8.18. The summed E-state index contributed by atoms with van der Waals surface area (Å²) in [5, 5.41) is 2.80. The number of anilines is 1. The zero-order valence-electron chi connectivity index (χ0n) is 14.9. The van der Waals surface area contributed by atoms with Crippen molar-refractivity contribution in [3.63, 3.8) is 0 Å². The van der Waals surface area contributed by atoms with Gasteiger partial charge in [0, 0.05) is 31.9 Å². The highest BCUT2D eigenvalue weighted by Crippen LogP contribution is 2.29. The largest absolute Gasteiger partial charge is 0.495 e. The number of sulfonamides is 1. The van der Waals surface area contributed by atoms with Gasteiger partial charge in [-0.2, -0.15) is 0 Å². The number of carbonyl (C=O) groups excluding carboxylic acids is 1. The molecule has 0 spiro atoms. The fourth-order valence-electron chi connectivity index (χ4n) is 2.48. The number of nitrogens with zero attached hydrogens (tertiary/aromatic N) is 2. The van der Waals surface area contributed by atoms with Crippen molar-refractivity contribution in [3.05, 3.63) is 54.4 Å². The van der Waals surface area contributed by atoms with Gasteiger partial charge in [0.15, 0.2) is 0 Å². The summed E-state index contributed by atoms with van der Waals surface area (Å²) in [4.78, 5) is 16.0. The molecule has 8 heteroatoms. The van der Waals surface area contributed by atoms with Gasteiger partial charge in [0.2, 0.25) is 15.9 Å². The number of methoxy groups -OCH3 is 1. The average molecular weight is 377 g/mol. The van der Waals surface area contributed by atoms with Crippen LogP contribution in [0.4, 0.5) is 5.69 Å². The normalized spacial score (nSPS) is 11.0. The molecule has 0 unspecified atom stereocenters. The summed E-state index contributed by atoms with van der Waals surface area (Å²) >= 11 is 0. The number of pyridine rings is 1. The van der Waals surface area contributed by atoms with E-state index in [1.54, 1.807) is 42.7 Å². The van der Waals surface area contributed by atoms with Crippen molar-refractivity contribution in [1.29, 1.82) is 0 Å². The molecule has 26 heavy (non-hydrogen) atoms. The molecule has 0 atom stereocenters. The van der Waals surface area contributed by atoms with Crippen molar-refractivity contribution in [2.24, 2.45) is 0 Å². The lowest BCUT2D eigenvalue weighted by molar-refractivity contribution is -0.121. The molecule has 0 aliphatic rings. The number of ether oxygens (including phenoxy) is 1. The van der Waals surface area contributed by atoms with E-state index in [9.17, 15) is 13.2 Å². The minimum absolute atomic E-state index is 0.137. The third-order valence-corrected chi connectivity index (χ3v) is 4.91. The number of para-hydroxylation sites is 2. The molecule has 0 saturated heterocycles. The van der Waals surface area contributed by atoms with E-state index in [1.807, 2.05) is 6.07 Å². The van der Waals surface area contributed by atoms with Crippen LogP contribution < -0.4 is 14.4 Å². The highest BCUT2D eigenvalue weighted by molar-refractivity contribution is 7.92. The minimum atomic E-state index is -3.49. The predicted octanol–water partition coefficient (Wildman–Crippen LogP) is 1.95. The first-order chi connectivity index (χ1) is 12.4. The van der Waals surface area contributed by atoms with E-state index >= 15 is 0 Å². The molecule has 0 bridgehead atoms. The number of carbonyl (C=O) groups is 1. The molecule has 1 amide bonds. The van der Waals surface area contributed by atoms with Gasteiger partial charge in [-0.15, -0.1) is 0 Å². The number of nitrogens with one attached hydrogen (secondary N) is 1. The zero-order chi connectivity index (χ0) is 19.0. The van der Waals surface area contributed by atoms with Gasteiger partial charge in [-0.3, -0.25) is 14.1 Å². The number of amides is 1. The average Bonchev–Trinajstić information content (AvgIpc) is 2.63. The van der Waals surface area contributed by atoms with E-state index in [0.717, 1.165) is 11.8 Å². The lowest BCUT2D eigenvalue weighted by atomic mass is 10.2. The van der Waals surface area contributed by atoms with Crippen molar-refractivity contribution in [3.8, 4) is 5.75 Å². The Morgan fingerprint density at radius 2 is 2.00 bits per heavy atom. The van der Waals surface area contributed by atoms with Gasteiger partial charge in [-0.1, -0.05) is 18.2 Å². The predicted molar refractivity (Wildman–Crippen MR) is 101 cm³/mol. The van der Waals surface area contributed by atoms with Gasteiger partial charge >= 0.3 is 0 Å². The van der Waals surface area contributed by atoms with Crippen LogP contribution in [0.2, 0.25) is 0 Å². The lowest BCUT2D eigenvalue weighted by Gasteiger charge is -2.24. The van der Waals surface area contributed by atoms with Gasteiger partial charge in [0.05, 0.1) is 19.1 Å². The van der Waals surface area contributed by atoms with E-state index in [-0.39, 0.29) is 18.9 Å². The lowest BCUT2D eigenvalue weighted by Crippen LogP contribution is -2.32. The third-order valence-electron chi connectivity index (χ3n) is 3.73. The van der Waals surface area contributed by atoms with Crippen LogP contribution in [0.25, 0.3) is 0 Å². The summed E-state index contributed by atoms with van der Waals surface area (Å²) in [7, 11) is -2.00. The number of benzene rings is 1. The van der Waals surface area contributed by atoms with Gasteiger partial charge in [-0.25, -0.2) is 8.42 Å². The molecule has 1 aromatic carbocycles. The van der Waals surface area contributed by atoms with Crippen LogP contribution in [0.3, 0.4) is 0 Å². The van der Waals surface area contributed by atoms with Crippen molar-refractivity contribution in [2.75, 3.05) is 24.2 Å². The molecule has 1 N–H and O–H groups in total. The summed E-state index contributed by atoms with van der Waals surface area (Å²) in [5.41, 5.74) is 1.38. The minimum Gasteiger partial charge on any atom is -0.495 e. The SMILES string of the molecule is COc1ccccc1N(CCCC(=O)NCc1cccnc1)S(C)(=O)=O. The quantitative estimate of drug-likeness (QED) is 0.722. The Kier molecular flexibility index (Phi) is 6.97. The molecule has 1 aromatic heterocycles. The number of rotatable bonds is 9. The fourth-order valence-corrected chi connectivity index (χ4v) is 3.44. The first-order valence-corrected chi connectivity index (χ1v) is 10.0. The molecule has 0 aliphatic carbocycles. The topological polar surface area (TPSA) is 88.6 Å². The van der Waals surface area contributed by atoms with Gasteiger partial charge < -0.3 is 10.1 Å². The van der Waals surface area contributed by atoms with Crippen molar-refractivity contribution >= 4 is 21.6 Å². The molecule has 1 heterocycles. The van der Waals surface area contributed by atoms with Crippen molar-refractivity contribution in [2.45, 2.75) is 19.4 Å². The summed E-state index contributed by atoms with van der Waals surface area (Å²) < 4.78 is 30.8. The molecule has 7 nitrogen and oxygen atoms in total. The monoisotopic (exact) mass is 377 g/mol. The summed E-state index contributed by atoms with van der Waals surface area (Å²) in [6, 6.07) is 10.6. The van der Waals surface area contributed by atoms with Gasteiger partial charge in [0.25, 0.3) is 0 Å². The van der Waals surface area contributed by atoms with Crippen LogP contribution in [-0.2, 0) is 21.4 Å². The van der Waals surface area contributed by atoms with E-state index < -0.39 is 10.0 Å². The first kappa shape index (κ1) is 19.7. The van der Waals surface area contributed by atoms with Gasteiger partial charge in [-0.05, 0) is 30.2 Å². The second kappa shape index (κ2) is 9.19. The van der Waals surface area contributed by atoms with Crippen molar-refractivity contribution in [1.82, 2.24) is 10.3 Å². The van der Waals surface area contributed by atoms with Crippen LogP contribution >= 0.6 is 0 Å². The second-order valence-electron chi connectivity index (χ2n) is 5.75. The fraction of sp³-hybridized carbons (Fsp3) is 0.333. The Labute approximate surface area is 154 Å². The maximum absolute atomic E-state index is 12.1. The van der Waals surface area contributed by atoms with Crippen LogP contribution in [0.5, 0.6) is 5.75 Å². The molecular weight excluding hydrogens is 354 g/mol. The highest BCUT2D eigenvalue weighted by Gasteiger charge is 2.20. The van der Waals surface area contributed by atoms with Crippen LogP contribution in [-0.4, -0.2) is 39.2 Å². The van der Waals surface area contributed by atoms with E-state index in [2.05, 4.69) is 10.3 Å². The molecule has 0 radical (unpaired) electrons. The summed E-state index contributed by atoms with van der Waals surface area (Å²) in [5.74, 6) is 0.335. The Morgan fingerprint density at radius 3 is 2.65 bits per heavy atom. The molecule has 140 valence electrons. The Hall–Kier alpha value is -2.61. The number of hydrogen-bond donors (Lipinski definition) is 1. The van der Waals surface area contributed by atoms with Crippen LogP contribution in [0, 0.1) is 0 Å². The number of hydrogen-bond acceptors (Lipinski definition) is 5. The maximum atomic E-state index is 12.1. The zero-order valence-corrected chi connectivity index (χ0v) is 15.7. The molecule has 2 aromatic rings. The Bertz CT molecular complexity index is 825. The summed E-state index contributed by atoms with van der Waals surface area (Å²) in [6.45, 7) is 0.592. The molecule has 0 saturated carbocycles. The van der Waals surface area contributed by atoms with Crippen LogP contribution in [0.15, 0.2) is 48.8 Å². The van der Waals surface area contributed by atoms with E-state index in [4.69, 9.17) is 4.74 Å². The molecule has 0 aliphatic heterocycles. The van der Waals surface area contributed by atoms with E-state index in [1.165, 1.54) is 11.4 Å². The van der Waals surface area contributed by atoms with Gasteiger partial charge in [0.1, 0.15) is 5.75 Å². The third kappa shape index (κ3) is 5.73. The van der Waals surface area contributed by atoms with Crippen molar-refractivity contribution < 1.29 is 17.9 Å². The summed E-state index contributed by atoms with van der Waals surface area (Å²) in [6.07, 6.45) is 5.11. The molecule has 0 fully saturated rings. The smallest absolute Gasteiger partial charge is 0.232 e. The number of aromatic nitrogens is 1. The standard InChI is InChI=1S/C18H23N3O4S/c1-25-17-9-4-3-8-16(17)21(26(2,23)24)12-6-10-18(22)20-14-15-7-5-11-19-13-15/h3-5,7-9,11,13H,6,10,12,14H2,1-2H3,(H,20,22). The maximum Gasteiger partial charge on any atom is 0.232 e. The molecular formula is C18H23N3O4S. The Balaban J connectivity index is 1.93.